The van der Waals surface area contributed by atoms with E-state index in [0.29, 0.717) is 17.3 Å². The van der Waals surface area contributed by atoms with E-state index < -0.39 is 11.4 Å². The first-order valence-electron chi connectivity index (χ1n) is 5.20. The van der Waals surface area contributed by atoms with Gasteiger partial charge in [0.2, 0.25) is 0 Å². The average Bonchev–Trinajstić information content (AvgIpc) is 2.11. The van der Waals surface area contributed by atoms with Gasteiger partial charge < -0.3 is 10.2 Å². The molecule has 0 saturated heterocycles. The number of aliphatic carboxylic acids is 1. The van der Waals surface area contributed by atoms with E-state index in [1.807, 2.05) is 6.92 Å². The van der Waals surface area contributed by atoms with Crippen LogP contribution in [0.15, 0.2) is 16.6 Å². The molecule has 0 bridgehead atoms. The van der Waals surface area contributed by atoms with E-state index in [0.717, 1.165) is 17.5 Å². The molecule has 1 aliphatic rings. The van der Waals surface area contributed by atoms with E-state index in [4.69, 9.17) is 0 Å². The number of aromatic hydroxyl groups is 1. The molecule has 0 amide bonds. The van der Waals surface area contributed by atoms with Crippen molar-refractivity contribution in [1.29, 1.82) is 0 Å². The van der Waals surface area contributed by atoms with Gasteiger partial charge >= 0.3 is 5.97 Å². The van der Waals surface area contributed by atoms with Crippen molar-refractivity contribution in [3.63, 3.8) is 0 Å². The van der Waals surface area contributed by atoms with Crippen molar-refractivity contribution in [2.24, 2.45) is 0 Å². The minimum absolute atomic E-state index is 0.154. The van der Waals surface area contributed by atoms with Crippen LogP contribution in [0.3, 0.4) is 0 Å². The Morgan fingerprint density at radius 2 is 2.06 bits per heavy atom. The molecule has 1 aromatic rings. The molecule has 0 unspecified atom stereocenters. The lowest BCUT2D eigenvalue weighted by Gasteiger charge is -2.39. The van der Waals surface area contributed by atoms with Crippen molar-refractivity contribution in [1.82, 2.24) is 0 Å². The first-order chi connectivity index (χ1) is 7.47. The van der Waals surface area contributed by atoms with Gasteiger partial charge in [0, 0.05) is 0 Å². The number of carboxylic acids is 1. The Labute approximate surface area is 102 Å². The van der Waals surface area contributed by atoms with E-state index in [2.05, 4.69) is 15.9 Å². The molecule has 16 heavy (non-hydrogen) atoms. The van der Waals surface area contributed by atoms with E-state index in [9.17, 15) is 15.0 Å². The van der Waals surface area contributed by atoms with Crippen LogP contribution in [0.1, 0.15) is 30.4 Å². The summed E-state index contributed by atoms with van der Waals surface area (Å²) in [6.45, 7) is 1.84. The van der Waals surface area contributed by atoms with Gasteiger partial charge in [-0.3, -0.25) is 4.79 Å². The van der Waals surface area contributed by atoms with Crippen LogP contribution < -0.4 is 0 Å². The summed E-state index contributed by atoms with van der Waals surface area (Å²) in [7, 11) is 0. The predicted molar refractivity (Wildman–Crippen MR) is 63.7 cm³/mol. The Kier molecular flexibility index (Phi) is 2.70. The summed E-state index contributed by atoms with van der Waals surface area (Å²) in [4.78, 5) is 11.4. The number of halogens is 1. The third kappa shape index (κ3) is 1.52. The fourth-order valence-corrected chi connectivity index (χ4v) is 2.65. The molecule has 1 fully saturated rings. The summed E-state index contributed by atoms with van der Waals surface area (Å²) in [6.07, 6.45) is 2.31. The maximum absolute atomic E-state index is 11.4. The van der Waals surface area contributed by atoms with Gasteiger partial charge in [0.1, 0.15) is 5.75 Å². The van der Waals surface area contributed by atoms with Gasteiger partial charge in [-0.15, -0.1) is 0 Å². The number of phenolic OH excluding ortho intramolecular Hbond substituents is 1. The predicted octanol–water partition coefficient (Wildman–Crippen LogP) is 2.97. The van der Waals surface area contributed by atoms with Gasteiger partial charge in [0.25, 0.3) is 0 Å². The number of phenols is 1. The van der Waals surface area contributed by atoms with Crippen LogP contribution in [0.5, 0.6) is 5.75 Å². The molecule has 0 aromatic heterocycles. The van der Waals surface area contributed by atoms with Gasteiger partial charge in [-0.2, -0.15) is 0 Å². The number of hydrogen-bond donors (Lipinski definition) is 2. The number of carbonyl (C=O) groups is 1. The Hall–Kier alpha value is -1.03. The number of carboxylic acid groups (broad SMARTS) is 1. The maximum Gasteiger partial charge on any atom is 0.314 e. The lowest BCUT2D eigenvalue weighted by atomic mass is 9.63. The molecule has 2 N–H and O–H groups in total. The molecule has 1 aliphatic carbocycles. The molecule has 1 aromatic carbocycles. The minimum Gasteiger partial charge on any atom is -0.507 e. The van der Waals surface area contributed by atoms with Crippen LogP contribution in [0.4, 0.5) is 0 Å². The molecule has 0 aliphatic heterocycles. The van der Waals surface area contributed by atoms with Crippen molar-refractivity contribution in [3.8, 4) is 5.75 Å². The molecule has 0 spiro atoms. The largest absolute Gasteiger partial charge is 0.507 e. The highest BCUT2D eigenvalue weighted by molar-refractivity contribution is 9.10. The monoisotopic (exact) mass is 284 g/mol. The van der Waals surface area contributed by atoms with Crippen LogP contribution in [-0.4, -0.2) is 16.2 Å². The SMILES string of the molecule is Cc1cc(O)c(Br)cc1C1(C(=O)O)CCC1. The van der Waals surface area contributed by atoms with Crippen molar-refractivity contribution in [3.05, 3.63) is 27.7 Å². The summed E-state index contributed by atoms with van der Waals surface area (Å²) in [5, 5.41) is 18.9. The molecule has 3 nitrogen and oxygen atoms in total. The zero-order chi connectivity index (χ0) is 11.9. The van der Waals surface area contributed by atoms with Crippen molar-refractivity contribution < 1.29 is 15.0 Å². The number of hydrogen-bond acceptors (Lipinski definition) is 2. The van der Waals surface area contributed by atoms with Gasteiger partial charge in [-0.1, -0.05) is 6.42 Å². The molecular weight excluding hydrogens is 272 g/mol. The Balaban J connectivity index is 2.55. The Bertz CT molecular complexity index is 450. The molecule has 0 heterocycles. The summed E-state index contributed by atoms with van der Waals surface area (Å²) in [5.74, 6) is -0.611. The van der Waals surface area contributed by atoms with Crippen molar-refractivity contribution in [2.75, 3.05) is 0 Å². The van der Waals surface area contributed by atoms with Crippen LogP contribution in [0.2, 0.25) is 0 Å². The van der Waals surface area contributed by atoms with Gasteiger partial charge in [0.05, 0.1) is 9.89 Å². The lowest BCUT2D eigenvalue weighted by molar-refractivity contribution is -0.147. The average molecular weight is 285 g/mol. The van der Waals surface area contributed by atoms with Crippen LogP contribution in [0, 0.1) is 6.92 Å². The molecule has 2 rings (SSSR count). The third-order valence-corrected chi connectivity index (χ3v) is 4.06. The minimum atomic E-state index is -0.764. The van der Waals surface area contributed by atoms with E-state index in [1.165, 1.54) is 0 Å². The standard InChI is InChI=1S/C12H13BrO3/c1-7-5-10(14)9(13)6-8(7)12(11(15)16)3-2-4-12/h5-6,14H,2-4H2,1H3,(H,15,16). The Morgan fingerprint density at radius 3 is 2.50 bits per heavy atom. The second-order valence-electron chi connectivity index (χ2n) is 4.36. The second kappa shape index (κ2) is 3.77. The summed E-state index contributed by atoms with van der Waals surface area (Å²) < 4.78 is 0.556. The zero-order valence-electron chi connectivity index (χ0n) is 8.96. The van der Waals surface area contributed by atoms with E-state index in [-0.39, 0.29) is 5.75 Å². The smallest absolute Gasteiger partial charge is 0.314 e. The number of rotatable bonds is 2. The second-order valence-corrected chi connectivity index (χ2v) is 5.21. The Morgan fingerprint density at radius 1 is 1.44 bits per heavy atom. The molecular formula is C12H13BrO3. The lowest BCUT2D eigenvalue weighted by Crippen LogP contribution is -2.42. The topological polar surface area (TPSA) is 57.5 Å². The first-order valence-corrected chi connectivity index (χ1v) is 6.00. The molecule has 4 heteroatoms. The quantitative estimate of drug-likeness (QED) is 0.878. The van der Waals surface area contributed by atoms with Crippen molar-refractivity contribution in [2.45, 2.75) is 31.6 Å². The fourth-order valence-electron chi connectivity index (χ4n) is 2.31. The summed E-state index contributed by atoms with van der Waals surface area (Å²) in [6, 6.07) is 3.35. The molecule has 0 atom stereocenters. The highest BCUT2D eigenvalue weighted by atomic mass is 79.9. The maximum atomic E-state index is 11.4. The number of aryl methyl sites for hydroxylation is 1. The van der Waals surface area contributed by atoms with Gasteiger partial charge in [-0.05, 0) is 59.0 Å². The highest BCUT2D eigenvalue weighted by Gasteiger charge is 2.46. The fraction of sp³-hybridized carbons (Fsp3) is 0.417. The van der Waals surface area contributed by atoms with Crippen LogP contribution >= 0.6 is 15.9 Å². The normalized spacial score (nSPS) is 17.9. The van der Waals surface area contributed by atoms with Crippen molar-refractivity contribution >= 4 is 21.9 Å². The van der Waals surface area contributed by atoms with E-state index in [1.54, 1.807) is 12.1 Å². The van der Waals surface area contributed by atoms with Crippen LogP contribution in [-0.2, 0) is 10.2 Å². The molecule has 0 radical (unpaired) electrons. The van der Waals surface area contributed by atoms with Gasteiger partial charge in [0.15, 0.2) is 0 Å². The van der Waals surface area contributed by atoms with Gasteiger partial charge in [-0.25, -0.2) is 0 Å². The number of benzene rings is 1. The zero-order valence-corrected chi connectivity index (χ0v) is 10.5. The summed E-state index contributed by atoms with van der Waals surface area (Å²) >= 11 is 3.23. The third-order valence-electron chi connectivity index (χ3n) is 3.43. The first kappa shape index (κ1) is 11.5. The van der Waals surface area contributed by atoms with E-state index >= 15 is 0 Å². The van der Waals surface area contributed by atoms with Crippen LogP contribution in [0.25, 0.3) is 0 Å². The molecule has 1 saturated carbocycles. The highest BCUT2D eigenvalue weighted by Crippen LogP contribution is 2.46. The molecule has 86 valence electrons. The summed E-state index contributed by atoms with van der Waals surface area (Å²) in [5.41, 5.74) is 0.916.